The maximum absolute atomic E-state index is 14.7. The number of benzene rings is 2. The number of ether oxygens (including phenoxy) is 4. The summed E-state index contributed by atoms with van der Waals surface area (Å²) in [7, 11) is 0. The van der Waals surface area contributed by atoms with Crippen LogP contribution in [0.15, 0.2) is 36.4 Å². The van der Waals surface area contributed by atoms with Crippen molar-refractivity contribution in [3.8, 4) is 17.2 Å². The minimum Gasteiger partial charge on any atom is -0.493 e. The maximum atomic E-state index is 14.7. The van der Waals surface area contributed by atoms with Gasteiger partial charge in [0.2, 0.25) is 5.82 Å². The fourth-order valence-corrected chi connectivity index (χ4v) is 5.35. The Morgan fingerprint density at radius 1 is 0.756 bits per heavy atom. The first-order valence-corrected chi connectivity index (χ1v) is 16.7. The van der Waals surface area contributed by atoms with Crippen LogP contribution in [0, 0.1) is 17.6 Å². The Bertz CT molecular complexity index is 1160. The van der Waals surface area contributed by atoms with Crippen LogP contribution in [0.3, 0.4) is 0 Å². The van der Waals surface area contributed by atoms with Crippen molar-refractivity contribution in [2.45, 2.75) is 122 Å². The van der Waals surface area contributed by atoms with Crippen molar-refractivity contribution >= 4 is 11.9 Å². The molecule has 1 aliphatic carbocycles. The first kappa shape index (κ1) is 36.2. The highest BCUT2D eigenvalue weighted by Gasteiger charge is 2.27. The largest absolute Gasteiger partial charge is 0.493 e. The third-order valence-corrected chi connectivity index (χ3v) is 8.19. The van der Waals surface area contributed by atoms with Gasteiger partial charge < -0.3 is 18.9 Å². The summed E-state index contributed by atoms with van der Waals surface area (Å²) < 4.78 is 65.1. The highest BCUT2D eigenvalue weighted by Crippen LogP contribution is 2.29. The summed E-state index contributed by atoms with van der Waals surface area (Å²) in [5.41, 5.74) is -0.517. The Hall–Kier alpha value is -3.23. The van der Waals surface area contributed by atoms with Crippen molar-refractivity contribution in [1.82, 2.24) is 0 Å². The fraction of sp³-hybridized carbons (Fsp3) is 0.611. The molecule has 9 heteroatoms. The zero-order valence-corrected chi connectivity index (χ0v) is 26.8. The first-order valence-electron chi connectivity index (χ1n) is 16.7. The fourth-order valence-electron chi connectivity index (χ4n) is 5.35. The molecule has 6 nitrogen and oxygen atoms in total. The van der Waals surface area contributed by atoms with Crippen LogP contribution in [0.2, 0.25) is 0 Å². The Balaban J connectivity index is 1.37. The molecule has 1 saturated carbocycles. The molecule has 1 fully saturated rings. The van der Waals surface area contributed by atoms with Crippen molar-refractivity contribution in [2.75, 3.05) is 13.2 Å². The minimum atomic E-state index is -1.55. The van der Waals surface area contributed by atoms with E-state index in [2.05, 4.69) is 6.92 Å². The molecule has 0 spiro atoms. The highest BCUT2D eigenvalue weighted by atomic mass is 19.2. The third kappa shape index (κ3) is 12.6. The molecular weight excluding hydrogens is 585 g/mol. The van der Waals surface area contributed by atoms with Crippen LogP contribution in [0.1, 0.15) is 121 Å². The molecular formula is C36H49F3O6. The number of esters is 2. The number of unbranched alkanes of at least 4 members (excludes halogenated alkanes) is 8. The summed E-state index contributed by atoms with van der Waals surface area (Å²) in [6, 6.07) is 8.72. The summed E-state index contributed by atoms with van der Waals surface area (Å²) in [5.74, 6) is -3.52. The van der Waals surface area contributed by atoms with Crippen LogP contribution < -0.4 is 14.2 Å². The number of carbonyl (C=O) groups excluding carboxylic acids is 2. The lowest BCUT2D eigenvalue weighted by molar-refractivity contribution is -0.157. The average Bonchev–Trinajstić information content (AvgIpc) is 3.05. The van der Waals surface area contributed by atoms with Crippen LogP contribution >= 0.6 is 0 Å². The SMILES string of the molecule is CCCCCCCCCCOc1ccc(C(=O)Oc2ccc(OC[C@H]3CC[C@H](OC(=O)[C@@H](F)CCCC)CC3)cc2)c(F)c1F. The van der Waals surface area contributed by atoms with Crippen LogP contribution in [0.5, 0.6) is 17.2 Å². The zero-order valence-electron chi connectivity index (χ0n) is 26.8. The van der Waals surface area contributed by atoms with Gasteiger partial charge in [-0.15, -0.1) is 0 Å². The molecule has 45 heavy (non-hydrogen) atoms. The van der Waals surface area contributed by atoms with Gasteiger partial charge >= 0.3 is 11.9 Å². The minimum absolute atomic E-state index is 0.162. The Morgan fingerprint density at radius 3 is 2.04 bits per heavy atom. The molecule has 3 rings (SSSR count). The van der Waals surface area contributed by atoms with Gasteiger partial charge in [0.05, 0.1) is 18.8 Å². The summed E-state index contributed by atoms with van der Waals surface area (Å²) in [5, 5.41) is 0. The molecule has 1 aliphatic rings. The number of hydrogen-bond acceptors (Lipinski definition) is 6. The number of alkyl halides is 1. The van der Waals surface area contributed by atoms with E-state index in [1.807, 2.05) is 6.92 Å². The van der Waals surface area contributed by atoms with E-state index in [4.69, 9.17) is 18.9 Å². The number of carbonyl (C=O) groups is 2. The molecule has 0 radical (unpaired) electrons. The van der Waals surface area contributed by atoms with Gasteiger partial charge in [0.25, 0.3) is 0 Å². The molecule has 0 amide bonds. The molecule has 0 unspecified atom stereocenters. The van der Waals surface area contributed by atoms with E-state index < -0.39 is 35.3 Å². The quantitative estimate of drug-likeness (QED) is 0.0821. The van der Waals surface area contributed by atoms with Crippen LogP contribution in [-0.4, -0.2) is 37.4 Å². The molecule has 2 aromatic carbocycles. The summed E-state index contributed by atoms with van der Waals surface area (Å²) >= 11 is 0. The van der Waals surface area contributed by atoms with Crippen molar-refractivity contribution in [3.63, 3.8) is 0 Å². The van der Waals surface area contributed by atoms with E-state index >= 15 is 0 Å². The van der Waals surface area contributed by atoms with E-state index in [0.29, 0.717) is 31.6 Å². The lowest BCUT2D eigenvalue weighted by Gasteiger charge is -2.28. The van der Waals surface area contributed by atoms with Crippen molar-refractivity contribution in [1.29, 1.82) is 0 Å². The summed E-state index contributed by atoms with van der Waals surface area (Å²) in [4.78, 5) is 24.5. The Kier molecular flexibility index (Phi) is 16.1. The van der Waals surface area contributed by atoms with Crippen LogP contribution in [-0.2, 0) is 9.53 Å². The molecule has 0 heterocycles. The topological polar surface area (TPSA) is 71.1 Å². The van der Waals surface area contributed by atoms with Crippen LogP contribution in [0.4, 0.5) is 13.2 Å². The van der Waals surface area contributed by atoms with Gasteiger partial charge in [-0.1, -0.05) is 71.6 Å². The smallest absolute Gasteiger partial charge is 0.346 e. The Labute approximate surface area is 266 Å². The Morgan fingerprint density at radius 2 is 1.38 bits per heavy atom. The van der Waals surface area contributed by atoms with E-state index in [1.165, 1.54) is 56.4 Å². The van der Waals surface area contributed by atoms with Crippen molar-refractivity contribution in [2.24, 2.45) is 5.92 Å². The predicted molar refractivity (Wildman–Crippen MR) is 168 cm³/mol. The van der Waals surface area contributed by atoms with Gasteiger partial charge in [-0.3, -0.25) is 0 Å². The molecule has 2 aromatic rings. The second-order valence-corrected chi connectivity index (χ2v) is 11.9. The molecule has 0 aromatic heterocycles. The standard InChI is InChI=1S/C36H49F3O6/c1-3-5-7-8-9-10-11-12-24-42-32-23-22-30(33(38)34(32)39)35(40)44-29-20-18-27(19-21-29)43-25-26-14-16-28(17-15-26)45-36(41)31(37)13-6-4-2/h18-23,26,28,31H,3-17,24-25H2,1-2H3/t26-,28-,31-/m0/s1. The van der Waals surface area contributed by atoms with Crippen molar-refractivity contribution in [3.05, 3.63) is 53.6 Å². The molecule has 0 saturated heterocycles. The van der Waals surface area contributed by atoms with Crippen molar-refractivity contribution < 1.29 is 41.7 Å². The number of halogens is 3. The molecule has 0 N–H and O–H groups in total. The van der Waals surface area contributed by atoms with Gasteiger partial charge in [0, 0.05) is 0 Å². The molecule has 1 atom stereocenters. The summed E-state index contributed by atoms with van der Waals surface area (Å²) in [6.45, 7) is 4.87. The first-order chi connectivity index (χ1) is 21.8. The monoisotopic (exact) mass is 634 g/mol. The lowest BCUT2D eigenvalue weighted by Crippen LogP contribution is -2.30. The van der Waals surface area contributed by atoms with Gasteiger partial charge in [0.1, 0.15) is 17.6 Å². The van der Waals surface area contributed by atoms with Gasteiger partial charge in [-0.05, 0) is 80.8 Å². The second kappa shape index (κ2) is 20.0. The highest BCUT2D eigenvalue weighted by molar-refractivity contribution is 5.91. The van der Waals surface area contributed by atoms with E-state index in [9.17, 15) is 22.8 Å². The normalized spacial score (nSPS) is 17.0. The van der Waals surface area contributed by atoms with E-state index in [-0.39, 0.29) is 36.5 Å². The number of hydrogen-bond donors (Lipinski definition) is 0. The maximum Gasteiger partial charge on any atom is 0.346 e. The van der Waals surface area contributed by atoms with Gasteiger partial charge in [-0.2, -0.15) is 4.39 Å². The average molecular weight is 635 g/mol. The van der Waals surface area contributed by atoms with Gasteiger partial charge in [0.15, 0.2) is 17.7 Å². The predicted octanol–water partition coefficient (Wildman–Crippen LogP) is 9.71. The molecule has 0 bridgehead atoms. The second-order valence-electron chi connectivity index (χ2n) is 11.9. The van der Waals surface area contributed by atoms with E-state index in [1.54, 1.807) is 12.1 Å². The lowest BCUT2D eigenvalue weighted by atomic mass is 9.88. The summed E-state index contributed by atoms with van der Waals surface area (Å²) in [6.07, 6.45) is 11.7. The zero-order chi connectivity index (χ0) is 32.4. The third-order valence-electron chi connectivity index (χ3n) is 8.19. The van der Waals surface area contributed by atoms with E-state index in [0.717, 1.165) is 38.5 Å². The van der Waals surface area contributed by atoms with Crippen LogP contribution in [0.25, 0.3) is 0 Å². The number of rotatable bonds is 20. The molecule has 0 aliphatic heterocycles. The molecule has 250 valence electrons. The van der Waals surface area contributed by atoms with Gasteiger partial charge in [-0.25, -0.2) is 18.4 Å².